The third-order valence-electron chi connectivity index (χ3n) is 6.72. The first-order chi connectivity index (χ1) is 17.6. The minimum atomic E-state index is -0.198. The fourth-order valence-corrected chi connectivity index (χ4v) is 4.96. The van der Waals surface area contributed by atoms with Crippen LogP contribution in [0.2, 0.25) is 0 Å². The molecule has 0 bridgehead atoms. The van der Waals surface area contributed by atoms with Crippen LogP contribution in [-0.2, 0) is 17.9 Å². The second kappa shape index (κ2) is 10.3. The number of ether oxygens (including phenoxy) is 2. The maximum atomic E-state index is 12.8. The highest BCUT2D eigenvalue weighted by molar-refractivity contribution is 5.99. The van der Waals surface area contributed by atoms with E-state index in [0.717, 1.165) is 46.3 Å². The van der Waals surface area contributed by atoms with Gasteiger partial charge >= 0.3 is 0 Å². The van der Waals surface area contributed by atoms with Gasteiger partial charge in [0.15, 0.2) is 5.65 Å². The van der Waals surface area contributed by atoms with Crippen LogP contribution < -0.4 is 15.8 Å². The fraction of sp³-hybridized carbons (Fsp3) is 0.333. The van der Waals surface area contributed by atoms with Gasteiger partial charge in [0.1, 0.15) is 23.6 Å². The third-order valence-corrected chi connectivity index (χ3v) is 6.72. The van der Waals surface area contributed by atoms with E-state index in [-0.39, 0.29) is 5.91 Å². The van der Waals surface area contributed by atoms with Crippen molar-refractivity contribution in [2.24, 2.45) is 0 Å². The number of nitrogens with one attached hydrogen (secondary N) is 1. The molecule has 9 heteroatoms. The predicted molar refractivity (Wildman–Crippen MR) is 138 cm³/mol. The molecule has 0 unspecified atom stereocenters. The molecule has 2 aromatic heterocycles. The molecule has 1 aliphatic carbocycles. The molecule has 1 aliphatic rings. The Kier molecular flexibility index (Phi) is 6.81. The number of fused-ring (bicyclic) bond motifs is 1. The van der Waals surface area contributed by atoms with Crippen molar-refractivity contribution in [1.82, 2.24) is 25.1 Å². The van der Waals surface area contributed by atoms with Crippen LogP contribution in [0.25, 0.3) is 22.3 Å². The Bertz CT molecular complexity index is 1390. The molecule has 9 nitrogen and oxygen atoms in total. The molecule has 4 aromatic rings. The molecule has 3 N–H and O–H groups in total. The van der Waals surface area contributed by atoms with Crippen molar-refractivity contribution in [2.75, 3.05) is 20.0 Å². The first-order valence-electron chi connectivity index (χ1n) is 12.1. The number of nitrogens with zero attached hydrogens (tertiary/aromatic N) is 4. The largest absolute Gasteiger partial charge is 0.496 e. The number of aromatic nitrogens is 4. The minimum absolute atomic E-state index is 0.198. The zero-order valence-corrected chi connectivity index (χ0v) is 20.5. The van der Waals surface area contributed by atoms with E-state index in [2.05, 4.69) is 15.3 Å². The topological polar surface area (TPSA) is 117 Å². The molecule has 186 valence electrons. The number of methoxy groups -OCH3 is 2. The summed E-state index contributed by atoms with van der Waals surface area (Å²) in [5.74, 6) is 0.752. The van der Waals surface area contributed by atoms with Crippen LogP contribution in [0, 0.1) is 0 Å². The number of rotatable bonds is 8. The predicted octanol–water partition coefficient (Wildman–Crippen LogP) is 4.28. The van der Waals surface area contributed by atoms with Gasteiger partial charge in [0.25, 0.3) is 5.91 Å². The van der Waals surface area contributed by atoms with E-state index in [1.807, 2.05) is 35.0 Å². The zero-order chi connectivity index (χ0) is 25.1. The summed E-state index contributed by atoms with van der Waals surface area (Å²) in [5.41, 5.74) is 11.1. The lowest BCUT2D eigenvalue weighted by molar-refractivity contribution is 0.0948. The summed E-state index contributed by atoms with van der Waals surface area (Å²) in [5, 5.41) is 8.74. The first kappa shape index (κ1) is 23.7. The third kappa shape index (κ3) is 4.49. The average Bonchev–Trinajstić information content (AvgIpc) is 3.56. The number of hydrogen-bond donors (Lipinski definition) is 2. The summed E-state index contributed by atoms with van der Waals surface area (Å²) in [6.45, 7) is 0.741. The van der Waals surface area contributed by atoms with Crippen molar-refractivity contribution < 1.29 is 14.3 Å². The lowest BCUT2D eigenvalue weighted by Gasteiger charge is -2.13. The van der Waals surface area contributed by atoms with E-state index in [1.54, 1.807) is 26.4 Å². The molecule has 36 heavy (non-hydrogen) atoms. The number of anilines is 1. The molecular weight excluding hydrogens is 456 g/mol. The summed E-state index contributed by atoms with van der Waals surface area (Å²) in [6.07, 6.45) is 6.03. The van der Waals surface area contributed by atoms with Crippen LogP contribution in [0.3, 0.4) is 0 Å². The van der Waals surface area contributed by atoms with Crippen molar-refractivity contribution in [3.8, 4) is 17.0 Å². The number of nitrogens with two attached hydrogens (primary N) is 1. The Morgan fingerprint density at radius 2 is 1.94 bits per heavy atom. The molecule has 2 heterocycles. The van der Waals surface area contributed by atoms with Gasteiger partial charge in [0, 0.05) is 19.2 Å². The van der Waals surface area contributed by atoms with Crippen molar-refractivity contribution >= 4 is 22.8 Å². The molecular formula is C27H30N6O3. The summed E-state index contributed by atoms with van der Waals surface area (Å²) < 4.78 is 12.9. The molecule has 2 aromatic carbocycles. The van der Waals surface area contributed by atoms with Crippen LogP contribution in [0.1, 0.15) is 53.2 Å². The molecule has 0 saturated heterocycles. The van der Waals surface area contributed by atoms with Gasteiger partial charge in [0.2, 0.25) is 0 Å². The van der Waals surface area contributed by atoms with Crippen molar-refractivity contribution in [2.45, 2.75) is 44.9 Å². The Hall–Kier alpha value is -3.98. The molecule has 1 amide bonds. The Labute approximate surface area is 209 Å². The quantitative estimate of drug-likeness (QED) is 0.382. The molecule has 0 spiro atoms. The van der Waals surface area contributed by atoms with Crippen LogP contribution in [0.15, 0.2) is 48.8 Å². The number of hydrogen-bond acceptors (Lipinski definition) is 7. The monoisotopic (exact) mass is 486 g/mol. The minimum Gasteiger partial charge on any atom is -0.496 e. The van der Waals surface area contributed by atoms with Gasteiger partial charge in [-0.15, -0.1) is 0 Å². The highest BCUT2D eigenvalue weighted by atomic mass is 16.5. The first-order valence-corrected chi connectivity index (χ1v) is 12.1. The number of carbonyl (C=O) groups excluding carboxylic acids is 1. The van der Waals surface area contributed by atoms with Crippen molar-refractivity contribution in [3.63, 3.8) is 0 Å². The van der Waals surface area contributed by atoms with Gasteiger partial charge in [-0.1, -0.05) is 43.2 Å². The van der Waals surface area contributed by atoms with E-state index in [9.17, 15) is 4.79 Å². The molecule has 1 fully saturated rings. The highest BCUT2D eigenvalue weighted by Gasteiger charge is 2.25. The maximum Gasteiger partial charge on any atom is 0.255 e. The Morgan fingerprint density at radius 3 is 2.72 bits per heavy atom. The summed E-state index contributed by atoms with van der Waals surface area (Å²) >= 11 is 0. The van der Waals surface area contributed by atoms with Crippen LogP contribution >= 0.6 is 0 Å². The molecule has 0 aliphatic heterocycles. The normalized spacial score (nSPS) is 13.8. The summed E-state index contributed by atoms with van der Waals surface area (Å²) in [7, 11) is 3.21. The van der Waals surface area contributed by atoms with Gasteiger partial charge in [-0.25, -0.2) is 14.6 Å². The molecule has 5 rings (SSSR count). The van der Waals surface area contributed by atoms with Crippen molar-refractivity contribution in [1.29, 1.82) is 0 Å². The van der Waals surface area contributed by atoms with Gasteiger partial charge in [-0.05, 0) is 36.1 Å². The van der Waals surface area contributed by atoms with Crippen molar-refractivity contribution in [3.05, 3.63) is 65.5 Å². The molecule has 1 saturated carbocycles. The van der Waals surface area contributed by atoms with E-state index in [1.165, 1.54) is 19.2 Å². The van der Waals surface area contributed by atoms with Gasteiger partial charge in [-0.2, -0.15) is 5.10 Å². The van der Waals surface area contributed by atoms with Crippen LogP contribution in [0.5, 0.6) is 5.75 Å². The zero-order valence-electron chi connectivity index (χ0n) is 20.5. The van der Waals surface area contributed by atoms with E-state index < -0.39 is 0 Å². The Morgan fingerprint density at radius 1 is 1.14 bits per heavy atom. The second-order valence-electron chi connectivity index (χ2n) is 9.00. The number of benzene rings is 2. The smallest absolute Gasteiger partial charge is 0.255 e. The summed E-state index contributed by atoms with van der Waals surface area (Å²) in [6, 6.07) is 13.5. The van der Waals surface area contributed by atoms with Gasteiger partial charge < -0.3 is 20.5 Å². The number of nitrogen functional groups attached to an aromatic ring is 1. The molecule has 0 radical (unpaired) electrons. The number of carbonyl (C=O) groups is 1. The van der Waals surface area contributed by atoms with Gasteiger partial charge in [-0.3, -0.25) is 4.79 Å². The number of amides is 1. The number of para-hydroxylation sites is 1. The van der Waals surface area contributed by atoms with E-state index >= 15 is 0 Å². The highest BCUT2D eigenvalue weighted by Crippen LogP contribution is 2.37. The van der Waals surface area contributed by atoms with Crippen LogP contribution in [0.4, 0.5) is 5.82 Å². The van der Waals surface area contributed by atoms with Gasteiger partial charge in [0.05, 0.1) is 30.7 Å². The lowest BCUT2D eigenvalue weighted by Crippen LogP contribution is -2.23. The van der Waals surface area contributed by atoms with E-state index in [0.29, 0.717) is 36.3 Å². The Balaban J connectivity index is 1.48. The average molecular weight is 487 g/mol. The lowest BCUT2D eigenvalue weighted by atomic mass is 10.00. The molecule has 0 atom stereocenters. The van der Waals surface area contributed by atoms with Crippen LogP contribution in [-0.4, -0.2) is 39.9 Å². The SMILES string of the molecule is COCc1cc(CNC(=O)c2ccccc2OC)ccc1-c1nn(C2CCCC2)c2ncnc(N)c12. The van der Waals surface area contributed by atoms with E-state index in [4.69, 9.17) is 20.3 Å². The summed E-state index contributed by atoms with van der Waals surface area (Å²) in [4.78, 5) is 21.5. The standard InChI is InChI=1S/C27H30N6O3/c1-35-15-18-13-17(14-29-27(34)21-9-5-6-10-22(21)36-2)11-12-20(18)24-23-25(28)30-16-31-26(23)33(32-24)19-7-3-4-8-19/h5-6,9-13,16,19H,3-4,7-8,14-15H2,1-2H3,(H,29,34)(H2,28,30,31). The fourth-order valence-electron chi connectivity index (χ4n) is 4.96. The maximum absolute atomic E-state index is 12.8. The second-order valence-corrected chi connectivity index (χ2v) is 9.00.